The summed E-state index contributed by atoms with van der Waals surface area (Å²) in [5.74, 6) is -3.14. The number of sulfonamides is 1. The first-order valence-electron chi connectivity index (χ1n) is 6.06. The molecule has 0 atom stereocenters. The van der Waals surface area contributed by atoms with Crippen molar-refractivity contribution in [2.45, 2.75) is 6.18 Å². The summed E-state index contributed by atoms with van der Waals surface area (Å²) < 4.78 is 61.4. The third kappa shape index (κ3) is 4.70. The van der Waals surface area contributed by atoms with Gasteiger partial charge in [0.05, 0.1) is 0 Å². The Kier molecular flexibility index (Phi) is 4.66. The van der Waals surface area contributed by atoms with E-state index in [1.807, 2.05) is 4.72 Å². The van der Waals surface area contributed by atoms with E-state index in [4.69, 9.17) is 5.11 Å². The minimum absolute atomic E-state index is 0.0558. The first kappa shape index (κ1) is 17.3. The fraction of sp³-hybridized carbons (Fsp3) is 0.154. The number of hydrogen-bond donors (Lipinski definition) is 2. The lowest BCUT2D eigenvalue weighted by Crippen LogP contribution is -2.27. The minimum atomic E-state index is -4.85. The summed E-state index contributed by atoms with van der Waals surface area (Å²) in [6.45, 7) is 0. The molecular formula is C13H10F3NO4S2. The zero-order valence-electron chi connectivity index (χ0n) is 11.3. The number of benzene rings is 1. The van der Waals surface area contributed by atoms with Crippen molar-refractivity contribution in [3.63, 3.8) is 0 Å². The molecule has 1 aromatic heterocycles. The summed E-state index contributed by atoms with van der Waals surface area (Å²) in [6.07, 6.45) is -4.85. The molecule has 0 spiro atoms. The zero-order chi connectivity index (χ0) is 17.3. The lowest BCUT2D eigenvalue weighted by atomic mass is 10.1. The van der Waals surface area contributed by atoms with Gasteiger partial charge in [-0.2, -0.15) is 13.2 Å². The van der Waals surface area contributed by atoms with Crippen LogP contribution in [0.5, 0.6) is 0 Å². The van der Waals surface area contributed by atoms with Crippen molar-refractivity contribution in [2.75, 3.05) is 10.5 Å². The molecule has 0 aliphatic heterocycles. The molecule has 2 rings (SSSR count). The summed E-state index contributed by atoms with van der Waals surface area (Å²) in [5.41, 5.74) is 0.671. The van der Waals surface area contributed by atoms with Crippen LogP contribution in [0.3, 0.4) is 0 Å². The molecule has 0 aliphatic carbocycles. The Morgan fingerprint density at radius 1 is 1.26 bits per heavy atom. The zero-order valence-corrected chi connectivity index (χ0v) is 12.9. The van der Waals surface area contributed by atoms with Gasteiger partial charge in [-0.05, 0) is 29.1 Å². The van der Waals surface area contributed by atoms with E-state index in [1.165, 1.54) is 30.3 Å². The summed E-state index contributed by atoms with van der Waals surface area (Å²) in [5, 5.41) is 10.6. The Hall–Kier alpha value is -2.07. The molecule has 0 aliphatic rings. The summed E-state index contributed by atoms with van der Waals surface area (Å²) in [6, 6.07) is 7.06. The van der Waals surface area contributed by atoms with Crippen LogP contribution in [0.25, 0.3) is 11.1 Å². The average molecular weight is 365 g/mol. The van der Waals surface area contributed by atoms with E-state index < -0.39 is 27.9 Å². The molecule has 0 unspecified atom stereocenters. The molecule has 2 aromatic rings. The monoisotopic (exact) mass is 365 g/mol. The summed E-state index contributed by atoms with van der Waals surface area (Å²) in [7, 11) is -4.59. The highest BCUT2D eigenvalue weighted by Crippen LogP contribution is 2.30. The van der Waals surface area contributed by atoms with E-state index in [0.717, 1.165) is 11.3 Å². The molecule has 0 amide bonds. The van der Waals surface area contributed by atoms with Crippen LogP contribution in [0.1, 0.15) is 9.67 Å². The molecule has 1 heterocycles. The van der Waals surface area contributed by atoms with Crippen molar-refractivity contribution in [1.82, 2.24) is 0 Å². The summed E-state index contributed by atoms with van der Waals surface area (Å²) >= 11 is 0.992. The average Bonchev–Trinajstić information content (AvgIpc) is 2.84. The molecule has 1 aromatic carbocycles. The predicted octanol–water partition coefficient (Wildman–Crippen LogP) is 3.42. The highest BCUT2D eigenvalue weighted by Gasteiger charge is 2.35. The third-order valence-corrected chi connectivity index (χ3v) is 4.82. The van der Waals surface area contributed by atoms with Gasteiger partial charge in [-0.15, -0.1) is 11.3 Å². The van der Waals surface area contributed by atoms with Gasteiger partial charge in [0, 0.05) is 11.3 Å². The Balaban J connectivity index is 2.31. The smallest absolute Gasteiger partial charge is 0.404 e. The fourth-order valence-electron chi connectivity index (χ4n) is 1.88. The van der Waals surface area contributed by atoms with Crippen molar-refractivity contribution >= 4 is 33.0 Å². The SMILES string of the molecule is O=C(O)c1sccc1-c1cccc(NS(=O)(=O)CC(F)(F)F)c1. The van der Waals surface area contributed by atoms with E-state index in [9.17, 15) is 26.4 Å². The topological polar surface area (TPSA) is 83.5 Å². The number of carbonyl (C=O) groups is 1. The first-order valence-corrected chi connectivity index (χ1v) is 8.59. The largest absolute Gasteiger partial charge is 0.477 e. The lowest BCUT2D eigenvalue weighted by Gasteiger charge is -2.11. The fourth-order valence-corrected chi connectivity index (χ4v) is 3.63. The van der Waals surface area contributed by atoms with Crippen molar-refractivity contribution in [2.24, 2.45) is 0 Å². The Morgan fingerprint density at radius 2 is 1.96 bits per heavy atom. The number of aromatic carboxylic acids is 1. The first-order chi connectivity index (χ1) is 10.6. The van der Waals surface area contributed by atoms with Gasteiger partial charge in [0.2, 0.25) is 10.0 Å². The van der Waals surface area contributed by atoms with E-state index in [0.29, 0.717) is 11.1 Å². The number of hydrogen-bond acceptors (Lipinski definition) is 4. The lowest BCUT2D eigenvalue weighted by molar-refractivity contribution is -0.106. The normalized spacial score (nSPS) is 12.1. The molecule has 10 heteroatoms. The van der Waals surface area contributed by atoms with Crippen molar-refractivity contribution in [3.8, 4) is 11.1 Å². The molecule has 23 heavy (non-hydrogen) atoms. The number of halogens is 3. The number of rotatable bonds is 5. The number of alkyl halides is 3. The third-order valence-electron chi connectivity index (χ3n) is 2.66. The second-order valence-electron chi connectivity index (χ2n) is 4.53. The second-order valence-corrected chi connectivity index (χ2v) is 7.16. The van der Waals surface area contributed by atoms with Crippen molar-refractivity contribution < 1.29 is 31.5 Å². The molecule has 0 saturated carbocycles. The van der Waals surface area contributed by atoms with Crippen LogP contribution in [-0.2, 0) is 10.0 Å². The number of carboxylic acids is 1. The van der Waals surface area contributed by atoms with E-state index in [2.05, 4.69) is 0 Å². The van der Waals surface area contributed by atoms with E-state index >= 15 is 0 Å². The number of carboxylic acid groups (broad SMARTS) is 1. The highest BCUT2D eigenvalue weighted by atomic mass is 32.2. The van der Waals surface area contributed by atoms with Crippen LogP contribution in [0.4, 0.5) is 18.9 Å². The van der Waals surface area contributed by atoms with Gasteiger partial charge in [-0.25, -0.2) is 13.2 Å². The number of thiophene rings is 1. The number of nitrogens with one attached hydrogen (secondary N) is 1. The maximum Gasteiger partial charge on any atom is 0.404 e. The molecule has 0 radical (unpaired) electrons. The van der Waals surface area contributed by atoms with Gasteiger partial charge in [0.15, 0.2) is 5.75 Å². The van der Waals surface area contributed by atoms with Crippen LogP contribution in [0.2, 0.25) is 0 Å². The summed E-state index contributed by atoms with van der Waals surface area (Å²) in [4.78, 5) is 11.2. The van der Waals surface area contributed by atoms with Crippen molar-refractivity contribution in [1.29, 1.82) is 0 Å². The van der Waals surface area contributed by atoms with Gasteiger partial charge in [-0.1, -0.05) is 12.1 Å². The van der Waals surface area contributed by atoms with Crippen LogP contribution >= 0.6 is 11.3 Å². The number of anilines is 1. The van der Waals surface area contributed by atoms with E-state index in [1.54, 1.807) is 5.38 Å². The standard InChI is InChI=1S/C13H10F3NO4S2/c14-13(15,16)7-23(20,21)17-9-3-1-2-8(6-9)10-4-5-22-11(10)12(18)19/h1-6,17H,7H2,(H,18,19). The molecule has 5 nitrogen and oxygen atoms in total. The molecule has 2 N–H and O–H groups in total. The maximum absolute atomic E-state index is 12.2. The molecular weight excluding hydrogens is 355 g/mol. The van der Waals surface area contributed by atoms with Crippen LogP contribution < -0.4 is 4.72 Å². The van der Waals surface area contributed by atoms with Gasteiger partial charge in [0.25, 0.3) is 0 Å². The Morgan fingerprint density at radius 3 is 2.57 bits per heavy atom. The van der Waals surface area contributed by atoms with Gasteiger partial charge in [-0.3, -0.25) is 4.72 Å². The maximum atomic E-state index is 12.2. The second kappa shape index (κ2) is 6.20. The molecule has 0 bridgehead atoms. The van der Waals surface area contributed by atoms with Gasteiger partial charge < -0.3 is 5.11 Å². The molecule has 124 valence electrons. The van der Waals surface area contributed by atoms with Crippen LogP contribution in [-0.4, -0.2) is 31.4 Å². The van der Waals surface area contributed by atoms with Gasteiger partial charge in [0.1, 0.15) is 4.88 Å². The molecule has 0 fully saturated rings. The van der Waals surface area contributed by atoms with Crippen molar-refractivity contribution in [3.05, 3.63) is 40.6 Å². The highest BCUT2D eigenvalue weighted by molar-refractivity contribution is 7.92. The Bertz CT molecular complexity index is 828. The van der Waals surface area contributed by atoms with Crippen LogP contribution in [0.15, 0.2) is 35.7 Å². The van der Waals surface area contributed by atoms with E-state index in [-0.39, 0.29) is 10.6 Å². The predicted molar refractivity (Wildman–Crippen MR) is 80.2 cm³/mol. The minimum Gasteiger partial charge on any atom is -0.477 e. The Labute approximate surface area is 133 Å². The molecule has 0 saturated heterocycles. The van der Waals surface area contributed by atoms with Gasteiger partial charge >= 0.3 is 12.1 Å². The quantitative estimate of drug-likeness (QED) is 0.850. The van der Waals surface area contributed by atoms with Crippen LogP contribution in [0, 0.1) is 0 Å².